The Bertz CT molecular complexity index is 257. The second kappa shape index (κ2) is 5.97. The Morgan fingerprint density at radius 2 is 1.33 bits per heavy atom. The van der Waals surface area contributed by atoms with Gasteiger partial charge in [0.1, 0.15) is 0 Å². The number of hydrogen-bond acceptors (Lipinski definition) is 0. The first kappa shape index (κ1) is 14.4. The molecule has 4 aliphatic carbocycles. The normalized spacial score (nSPS) is 50.2. The van der Waals surface area contributed by atoms with Crippen LogP contribution < -0.4 is 0 Å². The van der Waals surface area contributed by atoms with Crippen molar-refractivity contribution in [1.82, 2.24) is 0 Å². The van der Waals surface area contributed by atoms with Gasteiger partial charge in [-0.25, -0.2) is 0 Å². The van der Waals surface area contributed by atoms with Crippen LogP contribution in [0.3, 0.4) is 0 Å². The first-order valence-corrected chi connectivity index (χ1v) is 8.88. The van der Waals surface area contributed by atoms with Crippen molar-refractivity contribution in [2.75, 3.05) is 0 Å². The van der Waals surface area contributed by atoms with Gasteiger partial charge >= 0.3 is 0 Å². The van der Waals surface area contributed by atoms with E-state index in [1.54, 1.807) is 32.1 Å². The molecule has 7 atom stereocenters. The maximum absolute atomic E-state index is 2.42. The molecule has 0 spiro atoms. The van der Waals surface area contributed by atoms with Gasteiger partial charge in [0.2, 0.25) is 0 Å². The molecule has 0 N–H and O–H groups in total. The maximum Gasteiger partial charge on any atom is -0.0321 e. The predicted molar refractivity (Wildman–Crippen MR) is 80.5 cm³/mol. The average molecular weight is 250 g/mol. The van der Waals surface area contributed by atoms with Crippen molar-refractivity contribution in [2.45, 2.75) is 73.1 Å². The van der Waals surface area contributed by atoms with Gasteiger partial charge < -0.3 is 0 Å². The molecule has 0 radical (unpaired) electrons. The molecule has 4 rings (SSSR count). The molecule has 4 fully saturated rings. The maximum atomic E-state index is 2.42. The van der Waals surface area contributed by atoms with Crippen molar-refractivity contribution in [1.29, 1.82) is 0 Å². The summed E-state index contributed by atoms with van der Waals surface area (Å²) in [5.74, 6) is 8.34. The molecule has 0 aliphatic heterocycles. The first-order chi connectivity index (χ1) is 8.88. The van der Waals surface area contributed by atoms with Gasteiger partial charge in [-0.15, -0.1) is 0 Å². The van der Waals surface area contributed by atoms with E-state index in [4.69, 9.17) is 0 Å². The van der Waals surface area contributed by atoms with E-state index < -0.39 is 0 Å². The fraction of sp³-hybridized carbons (Fsp3) is 1.00. The van der Waals surface area contributed by atoms with Crippen LogP contribution in [0.25, 0.3) is 0 Å². The Balaban J connectivity index is 0.000000277. The van der Waals surface area contributed by atoms with Crippen molar-refractivity contribution in [3.05, 3.63) is 0 Å². The molecule has 0 aromatic rings. The van der Waals surface area contributed by atoms with Gasteiger partial charge in [0, 0.05) is 0 Å². The molecule has 4 bridgehead atoms. The van der Waals surface area contributed by atoms with Gasteiger partial charge in [-0.3, -0.25) is 0 Å². The van der Waals surface area contributed by atoms with Crippen LogP contribution >= 0.6 is 0 Å². The highest BCUT2D eigenvalue weighted by Gasteiger charge is 2.61. The van der Waals surface area contributed by atoms with Gasteiger partial charge in [-0.05, 0) is 73.5 Å². The van der Waals surface area contributed by atoms with Crippen LogP contribution in [0.2, 0.25) is 0 Å². The Kier molecular flexibility index (Phi) is 4.78. The van der Waals surface area contributed by atoms with E-state index in [1.807, 2.05) is 27.7 Å². The summed E-state index contributed by atoms with van der Waals surface area (Å²) in [6.45, 7) is 10.4. The van der Waals surface area contributed by atoms with E-state index in [0.29, 0.717) is 0 Å². The summed E-state index contributed by atoms with van der Waals surface area (Å²) in [7, 11) is 0. The summed E-state index contributed by atoms with van der Waals surface area (Å²) >= 11 is 0. The summed E-state index contributed by atoms with van der Waals surface area (Å²) in [6.07, 6.45) is 9.57. The molecule has 106 valence electrons. The van der Waals surface area contributed by atoms with Crippen LogP contribution in [0.15, 0.2) is 0 Å². The van der Waals surface area contributed by atoms with Crippen LogP contribution in [0.1, 0.15) is 73.1 Å². The van der Waals surface area contributed by atoms with E-state index in [1.165, 1.54) is 41.9 Å². The van der Waals surface area contributed by atoms with Gasteiger partial charge in [0.25, 0.3) is 0 Å². The number of rotatable bonds is 1. The smallest absolute Gasteiger partial charge is 0.0321 e. The summed E-state index contributed by atoms with van der Waals surface area (Å²) in [4.78, 5) is 0. The van der Waals surface area contributed by atoms with E-state index in [-0.39, 0.29) is 0 Å². The van der Waals surface area contributed by atoms with Gasteiger partial charge in [-0.2, -0.15) is 0 Å². The highest BCUT2D eigenvalue weighted by Crippen LogP contribution is 2.69. The molecule has 0 amide bonds. The first-order valence-electron chi connectivity index (χ1n) is 8.88. The third-order valence-corrected chi connectivity index (χ3v) is 6.40. The Morgan fingerprint density at radius 3 is 1.94 bits per heavy atom. The van der Waals surface area contributed by atoms with Crippen molar-refractivity contribution in [3.8, 4) is 0 Å². The Hall–Kier alpha value is 0. The predicted octanol–water partition coefficient (Wildman–Crippen LogP) is 5.77. The lowest BCUT2D eigenvalue weighted by Crippen LogP contribution is -2.32. The van der Waals surface area contributed by atoms with Crippen LogP contribution in [0.4, 0.5) is 0 Å². The number of fused-ring (bicyclic) bond motifs is 9. The molecule has 4 saturated carbocycles. The highest BCUT2D eigenvalue weighted by molar-refractivity contribution is 5.10. The molecule has 0 saturated heterocycles. The monoisotopic (exact) mass is 250 g/mol. The lowest BCUT2D eigenvalue weighted by atomic mass is 9.67. The zero-order chi connectivity index (χ0) is 13.3. The van der Waals surface area contributed by atoms with Crippen LogP contribution in [-0.4, -0.2) is 0 Å². The van der Waals surface area contributed by atoms with Crippen LogP contribution in [-0.2, 0) is 0 Å². The molecule has 7 unspecified atom stereocenters. The molecule has 0 aromatic carbocycles. The summed E-state index contributed by atoms with van der Waals surface area (Å²) < 4.78 is 0. The van der Waals surface area contributed by atoms with E-state index in [0.717, 1.165) is 5.92 Å². The van der Waals surface area contributed by atoms with E-state index >= 15 is 0 Å². The molecule has 4 aliphatic rings. The zero-order valence-electron chi connectivity index (χ0n) is 13.3. The third kappa shape index (κ3) is 1.95. The van der Waals surface area contributed by atoms with Crippen LogP contribution in [0.5, 0.6) is 0 Å². The SMILES string of the molecule is CC.CC.CCC1CC2CC1C1C3CCC(C3)C21. The second-order valence-electron chi connectivity index (χ2n) is 6.55. The molecular weight excluding hydrogens is 216 g/mol. The molecular formula is C18H34. The minimum Gasteiger partial charge on any atom is -0.0683 e. The minimum atomic E-state index is 1.14. The zero-order valence-corrected chi connectivity index (χ0v) is 13.3. The lowest BCUT2D eigenvalue weighted by molar-refractivity contribution is 0.103. The fourth-order valence-electron chi connectivity index (χ4n) is 6.17. The fourth-order valence-corrected chi connectivity index (χ4v) is 6.17. The third-order valence-electron chi connectivity index (χ3n) is 6.40. The summed E-state index contributed by atoms with van der Waals surface area (Å²) in [6, 6.07) is 0. The summed E-state index contributed by atoms with van der Waals surface area (Å²) in [5, 5.41) is 0. The average Bonchev–Trinajstić information content (AvgIpc) is 3.20. The topological polar surface area (TPSA) is 0 Å². The van der Waals surface area contributed by atoms with Crippen molar-refractivity contribution in [2.24, 2.45) is 41.4 Å². The largest absolute Gasteiger partial charge is 0.0683 e. The van der Waals surface area contributed by atoms with Crippen LogP contribution in [0, 0.1) is 41.4 Å². The Labute approximate surface area is 115 Å². The van der Waals surface area contributed by atoms with Gasteiger partial charge in [0.05, 0.1) is 0 Å². The van der Waals surface area contributed by atoms with Crippen molar-refractivity contribution >= 4 is 0 Å². The molecule has 0 heterocycles. The number of hydrogen-bond donors (Lipinski definition) is 0. The quantitative estimate of drug-likeness (QED) is 0.518. The Morgan fingerprint density at radius 1 is 0.722 bits per heavy atom. The summed E-state index contributed by atoms with van der Waals surface area (Å²) in [5.41, 5.74) is 0. The molecule has 18 heavy (non-hydrogen) atoms. The second-order valence-corrected chi connectivity index (χ2v) is 6.55. The minimum absolute atomic E-state index is 1.14. The van der Waals surface area contributed by atoms with E-state index in [2.05, 4.69) is 6.92 Å². The highest BCUT2D eigenvalue weighted by atomic mass is 14.7. The molecule has 0 heteroatoms. The lowest BCUT2D eigenvalue weighted by Gasteiger charge is -2.38. The standard InChI is InChI=1S/C14H22.2C2H6/c1-2-8-5-11-7-12(8)14-10-4-3-9(6-10)13(11)14;2*1-2/h8-14H,2-7H2,1H3;2*1-2H3. The molecule has 0 nitrogen and oxygen atoms in total. The van der Waals surface area contributed by atoms with Crippen molar-refractivity contribution < 1.29 is 0 Å². The van der Waals surface area contributed by atoms with Crippen molar-refractivity contribution in [3.63, 3.8) is 0 Å². The van der Waals surface area contributed by atoms with Gasteiger partial charge in [0.15, 0.2) is 0 Å². The molecule has 0 aromatic heterocycles. The van der Waals surface area contributed by atoms with Gasteiger partial charge in [-0.1, -0.05) is 41.0 Å². The van der Waals surface area contributed by atoms with E-state index in [9.17, 15) is 0 Å².